The molecule has 334 valence electrons. The van der Waals surface area contributed by atoms with Crippen LogP contribution in [0.1, 0.15) is 117 Å². The van der Waals surface area contributed by atoms with Crippen molar-refractivity contribution in [3.63, 3.8) is 0 Å². The van der Waals surface area contributed by atoms with Gasteiger partial charge in [0.25, 0.3) is 5.91 Å². The van der Waals surface area contributed by atoms with Gasteiger partial charge in [-0.05, 0) is 108 Å². The largest absolute Gasteiger partial charge is 0.438 e. The Morgan fingerprint density at radius 2 is 1.75 bits per heavy atom. The Labute approximate surface area is 364 Å². The van der Waals surface area contributed by atoms with Gasteiger partial charge in [0, 0.05) is 68.3 Å². The number of aryl methyl sites for hydroxylation is 1. The van der Waals surface area contributed by atoms with E-state index in [0.717, 1.165) is 35.7 Å². The summed E-state index contributed by atoms with van der Waals surface area (Å²) in [5.74, 6) is -3.22. The Morgan fingerprint density at radius 1 is 0.984 bits per heavy atom. The first-order valence-electron chi connectivity index (χ1n) is 22.2. The third-order valence-corrected chi connectivity index (χ3v) is 14.3. The number of alkyl halides is 2. The molecule has 0 unspecified atom stereocenters. The molecule has 11 rings (SSSR count). The van der Waals surface area contributed by atoms with Crippen molar-refractivity contribution in [3.8, 4) is 11.5 Å². The fraction of sp³-hybridized carbons (Fsp3) is 0.478. The van der Waals surface area contributed by atoms with Crippen molar-refractivity contribution in [1.29, 1.82) is 0 Å². The summed E-state index contributed by atoms with van der Waals surface area (Å²) < 4.78 is 64.0. The zero-order chi connectivity index (χ0) is 44.4. The number of aromatic amines is 1. The van der Waals surface area contributed by atoms with Crippen molar-refractivity contribution < 1.29 is 27.2 Å². The average Bonchev–Trinajstić information content (AvgIpc) is 3.70. The lowest BCUT2D eigenvalue weighted by Gasteiger charge is -2.35. The molecule has 0 bridgehead atoms. The highest BCUT2D eigenvalue weighted by atomic mass is 19.3. The van der Waals surface area contributed by atoms with E-state index in [1.165, 1.54) is 27.6 Å². The molecule has 7 aromatic rings. The van der Waals surface area contributed by atoms with Crippen LogP contribution < -0.4 is 11.4 Å². The summed E-state index contributed by atoms with van der Waals surface area (Å²) in [5, 5.41) is 14.4. The molecular formula is C46H49F3N10O5. The molecule has 2 aliphatic heterocycles. The van der Waals surface area contributed by atoms with Crippen molar-refractivity contribution in [2.75, 3.05) is 13.2 Å². The summed E-state index contributed by atoms with van der Waals surface area (Å²) in [7, 11) is 1.71. The maximum absolute atomic E-state index is 16.1. The molecule has 5 aromatic heterocycles. The van der Waals surface area contributed by atoms with Gasteiger partial charge in [0.1, 0.15) is 17.1 Å². The van der Waals surface area contributed by atoms with E-state index < -0.39 is 40.8 Å². The van der Waals surface area contributed by atoms with Gasteiger partial charge in [0.15, 0.2) is 11.6 Å². The van der Waals surface area contributed by atoms with Gasteiger partial charge in [0.2, 0.25) is 5.92 Å². The smallest absolute Gasteiger partial charge is 0.376 e. The van der Waals surface area contributed by atoms with Crippen LogP contribution in [0.4, 0.5) is 13.2 Å². The van der Waals surface area contributed by atoms with Gasteiger partial charge in [-0.25, -0.2) is 27.4 Å². The lowest BCUT2D eigenvalue weighted by molar-refractivity contribution is -0.0721. The summed E-state index contributed by atoms with van der Waals surface area (Å²) in [6, 6.07) is 10.4. The minimum atomic E-state index is -2.80. The molecule has 3 fully saturated rings. The number of nitrogens with zero attached hydrogens (tertiary/aromatic N) is 9. The first kappa shape index (κ1) is 40.6. The highest BCUT2D eigenvalue weighted by molar-refractivity contribution is 6.00. The van der Waals surface area contributed by atoms with Crippen molar-refractivity contribution in [2.24, 2.45) is 13.0 Å². The number of halogens is 3. The highest BCUT2D eigenvalue weighted by Gasteiger charge is 2.53. The molecule has 0 spiro atoms. The van der Waals surface area contributed by atoms with Crippen molar-refractivity contribution in [3.05, 3.63) is 110 Å². The van der Waals surface area contributed by atoms with Gasteiger partial charge in [-0.1, -0.05) is 11.2 Å². The van der Waals surface area contributed by atoms with Crippen molar-refractivity contribution in [1.82, 2.24) is 48.3 Å². The van der Waals surface area contributed by atoms with Gasteiger partial charge in [-0.3, -0.25) is 28.1 Å². The standard InChI is InChI=1S/C46H49F3N10O5/c1-26-37-32(52-59(30-9-13-46(48,49)14-10-30)39(37)57-19-18-56(43(57)62)35-8-7-34-31(38(35)47)25-50-54(34)4)11-17-55(26)40(60)36-23-29-22-27(21-28-12-20-63-44(2,3)24-28)5-6-33(29)58(36)45(15-16-45)41-51-42(61)64-53-41/h5-8,18-19,22-23,25-26,28,30H,9-17,20-21,24H2,1-4H3,(H,51,53,61)/t26-,28+/m0/s1. The third kappa shape index (κ3) is 6.49. The Bertz CT molecular complexity index is 3110. The van der Waals surface area contributed by atoms with E-state index in [2.05, 4.69) is 41.2 Å². The zero-order valence-corrected chi connectivity index (χ0v) is 36.1. The fourth-order valence-corrected chi connectivity index (χ4v) is 10.9. The molecule has 2 saturated carbocycles. The second-order valence-corrected chi connectivity index (χ2v) is 19.0. The minimum absolute atomic E-state index is 0.0291. The van der Waals surface area contributed by atoms with Crippen LogP contribution in [0, 0.1) is 11.7 Å². The molecule has 64 heavy (non-hydrogen) atoms. The van der Waals surface area contributed by atoms with E-state index >= 15 is 9.18 Å². The van der Waals surface area contributed by atoms with Crippen LogP contribution in [0.25, 0.3) is 33.3 Å². The Hall–Kier alpha value is -6.17. The number of nitrogens with one attached hydrogen (secondary N) is 1. The number of carbonyl (C=O) groups excluding carboxylic acids is 1. The van der Waals surface area contributed by atoms with Crippen LogP contribution >= 0.6 is 0 Å². The molecule has 2 aromatic carbocycles. The lowest BCUT2D eigenvalue weighted by atomic mass is 9.84. The van der Waals surface area contributed by atoms with E-state index in [1.807, 2.05) is 23.6 Å². The second kappa shape index (κ2) is 14.4. The number of H-pyrrole nitrogens is 1. The molecule has 1 saturated heterocycles. The lowest BCUT2D eigenvalue weighted by Crippen LogP contribution is -2.41. The van der Waals surface area contributed by atoms with Crippen LogP contribution in [0.3, 0.4) is 0 Å². The number of benzene rings is 2. The quantitative estimate of drug-likeness (QED) is 0.167. The number of hydrogen-bond acceptors (Lipinski definition) is 8. The predicted molar refractivity (Wildman–Crippen MR) is 229 cm³/mol. The van der Waals surface area contributed by atoms with Crippen LogP contribution in [0.2, 0.25) is 0 Å². The Balaban J connectivity index is 1.01. The van der Waals surface area contributed by atoms with Crippen LogP contribution in [-0.4, -0.2) is 78.9 Å². The van der Waals surface area contributed by atoms with E-state index in [1.54, 1.807) is 33.6 Å². The molecule has 0 radical (unpaired) electrons. The molecule has 2 aliphatic carbocycles. The number of carbonyl (C=O) groups is 1. The first-order chi connectivity index (χ1) is 30.6. The monoisotopic (exact) mass is 878 g/mol. The number of aromatic nitrogens is 9. The molecule has 1 N–H and O–H groups in total. The van der Waals surface area contributed by atoms with Crippen LogP contribution in [0.15, 0.2) is 69.1 Å². The maximum Gasteiger partial charge on any atom is 0.438 e. The van der Waals surface area contributed by atoms with Gasteiger partial charge in [0.05, 0.1) is 46.2 Å². The van der Waals surface area contributed by atoms with Gasteiger partial charge >= 0.3 is 11.4 Å². The normalized spacial score (nSPS) is 21.8. The summed E-state index contributed by atoms with van der Waals surface area (Å²) in [6.07, 6.45) is 8.39. The van der Waals surface area contributed by atoms with E-state index in [9.17, 15) is 18.4 Å². The molecule has 2 atom stereocenters. The Kier molecular flexibility index (Phi) is 9.15. The average molecular weight is 879 g/mol. The van der Waals surface area contributed by atoms with E-state index in [4.69, 9.17) is 14.4 Å². The first-order valence-corrected chi connectivity index (χ1v) is 22.2. The molecule has 7 heterocycles. The number of ether oxygens (including phenoxy) is 1. The van der Waals surface area contributed by atoms with Crippen LogP contribution in [-0.2, 0) is 30.2 Å². The third-order valence-electron chi connectivity index (χ3n) is 14.3. The summed E-state index contributed by atoms with van der Waals surface area (Å²) in [6.45, 7) is 7.14. The number of rotatable bonds is 8. The molecular weight excluding hydrogens is 830 g/mol. The van der Waals surface area contributed by atoms with Crippen molar-refractivity contribution in [2.45, 2.75) is 114 Å². The zero-order valence-electron chi connectivity index (χ0n) is 36.1. The van der Waals surface area contributed by atoms with Gasteiger partial charge in [-0.2, -0.15) is 10.2 Å². The maximum atomic E-state index is 16.1. The molecule has 1 amide bonds. The summed E-state index contributed by atoms with van der Waals surface area (Å²) >= 11 is 0. The Morgan fingerprint density at radius 3 is 2.48 bits per heavy atom. The fourth-order valence-electron chi connectivity index (χ4n) is 10.9. The molecule has 18 heteroatoms. The number of fused-ring (bicyclic) bond motifs is 3. The highest BCUT2D eigenvalue weighted by Crippen LogP contribution is 2.51. The van der Waals surface area contributed by atoms with Gasteiger partial charge < -0.3 is 14.2 Å². The molecule has 4 aliphatic rings. The van der Waals surface area contributed by atoms with E-state index in [0.29, 0.717) is 72.4 Å². The summed E-state index contributed by atoms with van der Waals surface area (Å²) in [5.41, 5.74) is 2.65. The second-order valence-electron chi connectivity index (χ2n) is 19.0. The minimum Gasteiger partial charge on any atom is -0.376 e. The van der Waals surface area contributed by atoms with Crippen LogP contribution in [0.5, 0.6) is 0 Å². The van der Waals surface area contributed by atoms with Gasteiger partial charge in [-0.15, -0.1) is 0 Å². The number of hydrogen-bond donors (Lipinski definition) is 1. The van der Waals surface area contributed by atoms with E-state index in [-0.39, 0.29) is 48.3 Å². The summed E-state index contributed by atoms with van der Waals surface area (Å²) in [4.78, 5) is 46.8. The van der Waals surface area contributed by atoms with Crippen molar-refractivity contribution >= 4 is 27.7 Å². The number of amides is 1. The number of imidazole rings is 1. The SMILES string of the molecule is C[C@H]1c2c(nn(C3CCC(F)(F)CC3)c2-n2ccn(-c3ccc4c(cnn4C)c3F)c2=O)CCN1C(=O)c1cc2cc(C[C@H]3CCOC(C)(C)C3)ccc2n1C1(c2noc(=O)[nH]2)CC1. The predicted octanol–water partition coefficient (Wildman–Crippen LogP) is 7.28. The topological polar surface area (TPSA) is 156 Å². The molecule has 15 nitrogen and oxygen atoms in total.